The van der Waals surface area contributed by atoms with Crippen LogP contribution in [-0.2, 0) is 12.8 Å². The summed E-state index contributed by atoms with van der Waals surface area (Å²) in [7, 11) is 0. The van der Waals surface area contributed by atoms with Crippen LogP contribution in [0.2, 0.25) is 0 Å². The maximum absolute atomic E-state index is 9.77. The average molecular weight is 329 g/mol. The van der Waals surface area contributed by atoms with Crippen LogP contribution in [0.4, 0.5) is 5.69 Å². The Morgan fingerprint density at radius 1 is 0.720 bits per heavy atom. The van der Waals surface area contributed by atoms with Gasteiger partial charge in [-0.05, 0) is 42.4 Å². The minimum Gasteiger partial charge on any atom is -0.397 e. The first-order valence-electron chi connectivity index (χ1n) is 9.10. The molecule has 0 amide bonds. The second kappa shape index (κ2) is 7.86. The number of nitriles is 2. The van der Waals surface area contributed by atoms with Crippen molar-refractivity contribution in [2.45, 2.75) is 51.4 Å². The molecule has 25 heavy (non-hydrogen) atoms. The van der Waals surface area contributed by atoms with Crippen molar-refractivity contribution in [2.75, 3.05) is 5.73 Å². The van der Waals surface area contributed by atoms with E-state index in [1.54, 1.807) is 0 Å². The molecule has 0 unspecified atom stereocenters. The zero-order chi connectivity index (χ0) is 17.6. The predicted molar refractivity (Wildman–Crippen MR) is 101 cm³/mol. The number of anilines is 1. The first kappa shape index (κ1) is 17.1. The second-order valence-electron chi connectivity index (χ2n) is 6.71. The first-order valence-corrected chi connectivity index (χ1v) is 9.10. The van der Waals surface area contributed by atoms with Crippen LogP contribution in [-0.4, -0.2) is 0 Å². The lowest BCUT2D eigenvalue weighted by atomic mass is 9.82. The Morgan fingerprint density at radius 3 is 1.88 bits per heavy atom. The zero-order valence-corrected chi connectivity index (χ0v) is 14.5. The fourth-order valence-corrected chi connectivity index (χ4v) is 3.90. The summed E-state index contributed by atoms with van der Waals surface area (Å²) in [5.74, 6) is 0. The summed E-state index contributed by atoms with van der Waals surface area (Å²) >= 11 is 0. The quantitative estimate of drug-likeness (QED) is 0.738. The molecule has 2 N–H and O–H groups in total. The number of nitrogens with zero attached hydrogens (tertiary/aromatic N) is 2. The SMILES string of the molecule is N#Cc1c(N)c(C#N)c(-c2ccccc2)c2c1CCCCCCCC2. The molecule has 0 spiro atoms. The molecule has 1 aliphatic carbocycles. The van der Waals surface area contributed by atoms with Gasteiger partial charge in [0.1, 0.15) is 12.1 Å². The van der Waals surface area contributed by atoms with Gasteiger partial charge in [0.2, 0.25) is 0 Å². The van der Waals surface area contributed by atoms with Crippen molar-refractivity contribution >= 4 is 5.69 Å². The molecule has 2 aromatic rings. The molecule has 0 bridgehead atoms. The molecule has 3 nitrogen and oxygen atoms in total. The van der Waals surface area contributed by atoms with Crippen LogP contribution in [0.1, 0.15) is 60.8 Å². The molecule has 1 aliphatic rings. The predicted octanol–water partition coefficient (Wildman–Crippen LogP) is 5.12. The van der Waals surface area contributed by atoms with Gasteiger partial charge < -0.3 is 5.73 Å². The lowest BCUT2D eigenvalue weighted by molar-refractivity contribution is 0.581. The van der Waals surface area contributed by atoms with Crippen LogP contribution < -0.4 is 5.73 Å². The summed E-state index contributed by atoms with van der Waals surface area (Å²) in [5.41, 5.74) is 11.8. The van der Waals surface area contributed by atoms with Crippen LogP contribution in [0, 0.1) is 22.7 Å². The van der Waals surface area contributed by atoms with E-state index >= 15 is 0 Å². The average Bonchev–Trinajstić information content (AvgIpc) is 2.65. The molecule has 0 aliphatic heterocycles. The molecule has 0 heterocycles. The van der Waals surface area contributed by atoms with E-state index < -0.39 is 0 Å². The molecule has 126 valence electrons. The van der Waals surface area contributed by atoms with Crippen molar-refractivity contribution in [3.8, 4) is 23.3 Å². The van der Waals surface area contributed by atoms with E-state index in [0.29, 0.717) is 16.8 Å². The van der Waals surface area contributed by atoms with Gasteiger partial charge in [-0.3, -0.25) is 0 Å². The van der Waals surface area contributed by atoms with Gasteiger partial charge in [0.25, 0.3) is 0 Å². The van der Waals surface area contributed by atoms with Gasteiger partial charge in [0.05, 0.1) is 16.8 Å². The van der Waals surface area contributed by atoms with Gasteiger partial charge in [-0.1, -0.05) is 56.0 Å². The highest BCUT2D eigenvalue weighted by Crippen LogP contribution is 2.38. The largest absolute Gasteiger partial charge is 0.397 e. The Morgan fingerprint density at radius 2 is 1.28 bits per heavy atom. The van der Waals surface area contributed by atoms with Gasteiger partial charge in [0, 0.05) is 5.56 Å². The molecule has 3 rings (SSSR count). The van der Waals surface area contributed by atoms with Gasteiger partial charge in [-0.25, -0.2) is 0 Å². The van der Waals surface area contributed by atoms with E-state index in [0.717, 1.165) is 47.9 Å². The maximum Gasteiger partial charge on any atom is 0.102 e. The first-order chi connectivity index (χ1) is 12.3. The third kappa shape index (κ3) is 3.37. The monoisotopic (exact) mass is 329 g/mol. The van der Waals surface area contributed by atoms with E-state index in [1.807, 2.05) is 30.3 Å². The minimum atomic E-state index is 0.347. The Kier molecular flexibility index (Phi) is 5.36. The van der Waals surface area contributed by atoms with Crippen molar-refractivity contribution in [3.05, 3.63) is 52.6 Å². The molecule has 0 saturated heterocycles. The highest BCUT2D eigenvalue weighted by Gasteiger charge is 2.23. The van der Waals surface area contributed by atoms with Crippen molar-refractivity contribution in [2.24, 2.45) is 0 Å². The summed E-state index contributed by atoms with van der Waals surface area (Å²) in [6, 6.07) is 14.6. The van der Waals surface area contributed by atoms with Crippen molar-refractivity contribution in [3.63, 3.8) is 0 Å². The van der Waals surface area contributed by atoms with Crippen LogP contribution in [0.3, 0.4) is 0 Å². The fraction of sp³-hybridized carbons (Fsp3) is 0.364. The molecule has 2 aromatic carbocycles. The van der Waals surface area contributed by atoms with E-state index in [2.05, 4.69) is 12.1 Å². The van der Waals surface area contributed by atoms with Crippen LogP contribution in [0.15, 0.2) is 30.3 Å². The molecule has 3 heteroatoms. The number of nitrogen functional groups attached to an aromatic ring is 1. The highest BCUT2D eigenvalue weighted by molar-refractivity contribution is 5.85. The summed E-state index contributed by atoms with van der Waals surface area (Å²) in [4.78, 5) is 0. The second-order valence-corrected chi connectivity index (χ2v) is 6.71. The molecule has 0 fully saturated rings. The number of fused-ring (bicyclic) bond motifs is 1. The topological polar surface area (TPSA) is 73.6 Å². The van der Waals surface area contributed by atoms with Crippen molar-refractivity contribution in [1.29, 1.82) is 10.5 Å². The normalized spacial score (nSPS) is 14.8. The fourth-order valence-electron chi connectivity index (χ4n) is 3.90. The van der Waals surface area contributed by atoms with Crippen LogP contribution in [0.25, 0.3) is 11.1 Å². The van der Waals surface area contributed by atoms with Gasteiger partial charge in [-0.2, -0.15) is 10.5 Å². The lowest BCUT2D eigenvalue weighted by Crippen LogP contribution is -2.09. The molecular weight excluding hydrogens is 306 g/mol. The molecule has 0 saturated carbocycles. The zero-order valence-electron chi connectivity index (χ0n) is 14.5. The molecule has 0 atom stereocenters. The number of hydrogen-bond acceptors (Lipinski definition) is 3. The lowest BCUT2D eigenvalue weighted by Gasteiger charge is -2.21. The number of nitrogens with two attached hydrogens (primary N) is 1. The van der Waals surface area contributed by atoms with Gasteiger partial charge >= 0.3 is 0 Å². The van der Waals surface area contributed by atoms with E-state index in [1.165, 1.54) is 25.7 Å². The van der Waals surface area contributed by atoms with Gasteiger partial charge in [0.15, 0.2) is 0 Å². The third-order valence-corrected chi connectivity index (χ3v) is 5.15. The number of hydrogen-bond donors (Lipinski definition) is 1. The van der Waals surface area contributed by atoms with Crippen LogP contribution >= 0.6 is 0 Å². The van der Waals surface area contributed by atoms with E-state index in [-0.39, 0.29) is 0 Å². The molecule has 0 radical (unpaired) electrons. The minimum absolute atomic E-state index is 0.347. The molecular formula is C22H23N3. The Hall–Kier alpha value is -2.78. The number of benzene rings is 2. The highest BCUT2D eigenvalue weighted by atomic mass is 14.6. The smallest absolute Gasteiger partial charge is 0.102 e. The maximum atomic E-state index is 9.77. The standard InChI is InChI=1S/C22H23N3/c23-14-19-17-12-8-3-1-2-4-9-13-18(17)21(20(15-24)22(19)25)16-10-6-5-7-11-16/h5-7,10-11H,1-4,8-9,12-13,25H2. The summed E-state index contributed by atoms with van der Waals surface area (Å²) in [5, 5.41) is 19.5. The van der Waals surface area contributed by atoms with E-state index in [4.69, 9.17) is 5.73 Å². The third-order valence-electron chi connectivity index (χ3n) is 5.15. The Balaban J connectivity index is 2.31. The molecule has 0 aromatic heterocycles. The number of rotatable bonds is 1. The Labute approximate surface area is 149 Å². The van der Waals surface area contributed by atoms with Gasteiger partial charge in [-0.15, -0.1) is 0 Å². The summed E-state index contributed by atoms with van der Waals surface area (Å²) < 4.78 is 0. The van der Waals surface area contributed by atoms with Crippen molar-refractivity contribution < 1.29 is 0 Å². The van der Waals surface area contributed by atoms with E-state index in [9.17, 15) is 10.5 Å². The Bertz CT molecular complexity index is 839. The van der Waals surface area contributed by atoms with Crippen LogP contribution in [0.5, 0.6) is 0 Å². The van der Waals surface area contributed by atoms with Crippen molar-refractivity contribution in [1.82, 2.24) is 0 Å². The summed E-state index contributed by atoms with van der Waals surface area (Å²) in [6.07, 6.45) is 8.84. The summed E-state index contributed by atoms with van der Waals surface area (Å²) in [6.45, 7) is 0.